The van der Waals surface area contributed by atoms with Gasteiger partial charge in [-0.3, -0.25) is 28.0 Å². The molecule has 24 heteroatoms. The molecule has 0 aromatic heterocycles. The fourth-order valence-electron chi connectivity index (χ4n) is 4.95. The third-order valence-corrected chi connectivity index (χ3v) is 9.93. The number of hydrazone groups is 3. The van der Waals surface area contributed by atoms with Crippen LogP contribution in [0.1, 0.15) is 40.0 Å². The van der Waals surface area contributed by atoms with Crippen molar-refractivity contribution in [3.05, 3.63) is 54.6 Å². The van der Waals surface area contributed by atoms with Crippen LogP contribution < -0.4 is 32.2 Å². The molecule has 0 fully saturated rings. The normalized spacial score (nSPS) is 16.0. The standard InChI is InChI=1S/3C10H11N3O4S/c1-6-4-10(14)13(12-6)8-5-7(11)2-3-9(8)18(15,16)17;1-6-4-10(14)13(12-6)7-2-3-8(11)9(5-7)18(15,16)17;1-6-4-10(14)13(12-6)8-3-2-7(11)5-9(8)18(15,16)17/h3*2-3,5H,4,11H2,1H3,(H,15,16,17). The van der Waals surface area contributed by atoms with Crippen LogP contribution in [-0.4, -0.2) is 73.8 Å². The second kappa shape index (κ2) is 15.3. The van der Waals surface area contributed by atoms with Crippen molar-refractivity contribution in [3.63, 3.8) is 0 Å². The zero-order valence-corrected chi connectivity index (χ0v) is 30.9. The molecule has 288 valence electrons. The second-order valence-electron chi connectivity index (χ2n) is 11.8. The van der Waals surface area contributed by atoms with Gasteiger partial charge in [0.25, 0.3) is 48.1 Å². The minimum Gasteiger partial charge on any atom is -0.399 e. The molecule has 3 amide bonds. The summed E-state index contributed by atoms with van der Waals surface area (Å²) in [5, 5.41) is 14.8. The van der Waals surface area contributed by atoms with Gasteiger partial charge in [-0.2, -0.15) is 50.6 Å². The van der Waals surface area contributed by atoms with Crippen LogP contribution in [0.4, 0.5) is 34.1 Å². The first-order valence-corrected chi connectivity index (χ1v) is 19.4. The lowest BCUT2D eigenvalue weighted by Gasteiger charge is -2.15. The van der Waals surface area contributed by atoms with E-state index in [0.717, 1.165) is 33.2 Å². The number of anilines is 6. The van der Waals surface area contributed by atoms with E-state index in [1.54, 1.807) is 20.8 Å². The summed E-state index contributed by atoms with van der Waals surface area (Å²) in [7, 11) is -13.4. The lowest BCUT2D eigenvalue weighted by Crippen LogP contribution is -2.22. The summed E-state index contributed by atoms with van der Waals surface area (Å²) in [4.78, 5) is 33.6. The topological polar surface area (TPSA) is 339 Å². The van der Waals surface area contributed by atoms with E-state index in [2.05, 4.69) is 15.3 Å². The van der Waals surface area contributed by atoms with Crippen LogP contribution in [0.15, 0.2) is 84.6 Å². The van der Waals surface area contributed by atoms with Crippen LogP contribution in [0, 0.1) is 0 Å². The zero-order chi connectivity index (χ0) is 40.5. The van der Waals surface area contributed by atoms with Gasteiger partial charge in [-0.25, -0.2) is 5.01 Å². The minimum atomic E-state index is -4.48. The third-order valence-electron chi connectivity index (χ3n) is 7.24. The number of rotatable bonds is 6. The lowest BCUT2D eigenvalue weighted by atomic mass is 10.2. The van der Waals surface area contributed by atoms with Gasteiger partial charge in [0.05, 0.1) is 42.0 Å². The van der Waals surface area contributed by atoms with Gasteiger partial charge in [-0.05, 0) is 75.4 Å². The number of hydrogen-bond donors (Lipinski definition) is 6. The quantitative estimate of drug-likeness (QED) is 0.153. The summed E-state index contributed by atoms with van der Waals surface area (Å²) in [6, 6.07) is 11.5. The van der Waals surface area contributed by atoms with Gasteiger partial charge in [0.1, 0.15) is 14.7 Å². The number of carbonyl (C=O) groups excluding carboxylic acids is 3. The Morgan fingerprint density at radius 1 is 0.519 bits per heavy atom. The summed E-state index contributed by atoms with van der Waals surface area (Å²) >= 11 is 0. The maximum atomic E-state index is 11.7. The van der Waals surface area contributed by atoms with Gasteiger partial charge >= 0.3 is 0 Å². The van der Waals surface area contributed by atoms with Gasteiger partial charge < -0.3 is 17.2 Å². The number of nitrogens with zero attached hydrogens (tertiary/aromatic N) is 6. The van der Waals surface area contributed by atoms with Crippen LogP contribution in [0.25, 0.3) is 0 Å². The Bertz CT molecular complexity index is 2500. The Balaban J connectivity index is 0.000000180. The molecule has 0 bridgehead atoms. The first kappa shape index (κ1) is 41.0. The SMILES string of the molecule is CC1=NN(c2cc(N)ccc2S(=O)(=O)O)C(=O)C1.CC1=NN(c2ccc(N)c(S(=O)(=O)O)c2)C(=O)C1.CC1=NN(c2ccc(N)cc2S(=O)(=O)O)C(=O)C1. The predicted molar refractivity (Wildman–Crippen MR) is 198 cm³/mol. The summed E-state index contributed by atoms with van der Waals surface area (Å²) in [6.07, 6.45) is 0.417. The Morgan fingerprint density at radius 2 is 0.944 bits per heavy atom. The molecule has 9 N–H and O–H groups in total. The molecular formula is C30H33N9O12S3. The van der Waals surface area contributed by atoms with Crippen LogP contribution in [0.3, 0.4) is 0 Å². The Hall–Kier alpha value is -5.79. The molecule has 3 aliphatic rings. The first-order valence-electron chi connectivity index (χ1n) is 15.1. The molecule has 0 atom stereocenters. The Kier molecular flexibility index (Phi) is 11.6. The summed E-state index contributed by atoms with van der Waals surface area (Å²) in [5.41, 5.74) is 18.8. The molecule has 0 saturated carbocycles. The van der Waals surface area contributed by atoms with Crippen LogP contribution >= 0.6 is 0 Å². The van der Waals surface area contributed by atoms with Crippen molar-refractivity contribution in [1.82, 2.24) is 0 Å². The molecular weight excluding hydrogens is 775 g/mol. The van der Waals surface area contributed by atoms with E-state index in [4.69, 9.17) is 30.9 Å². The number of nitrogen functional groups attached to an aromatic ring is 3. The average Bonchev–Trinajstić information content (AvgIpc) is 3.69. The molecule has 0 saturated heterocycles. The lowest BCUT2D eigenvalue weighted by molar-refractivity contribution is -0.117. The van der Waals surface area contributed by atoms with Crippen LogP contribution in [-0.2, 0) is 44.7 Å². The highest BCUT2D eigenvalue weighted by Crippen LogP contribution is 2.32. The molecule has 0 unspecified atom stereocenters. The Labute approximate surface area is 308 Å². The molecule has 0 aliphatic carbocycles. The van der Waals surface area contributed by atoms with Gasteiger partial charge in [-0.15, -0.1) is 0 Å². The molecule has 21 nitrogen and oxygen atoms in total. The zero-order valence-electron chi connectivity index (χ0n) is 28.5. The molecule has 54 heavy (non-hydrogen) atoms. The van der Waals surface area contributed by atoms with Gasteiger partial charge in [0.15, 0.2) is 0 Å². The highest BCUT2D eigenvalue weighted by atomic mass is 32.2. The predicted octanol–water partition coefficient (Wildman–Crippen LogP) is 1.88. The molecule has 0 radical (unpaired) electrons. The monoisotopic (exact) mass is 807 g/mol. The highest BCUT2D eigenvalue weighted by molar-refractivity contribution is 7.86. The van der Waals surface area contributed by atoms with E-state index >= 15 is 0 Å². The van der Waals surface area contributed by atoms with E-state index in [0.29, 0.717) is 17.1 Å². The molecule has 3 heterocycles. The maximum Gasteiger partial charge on any atom is 0.296 e. The second-order valence-corrected chi connectivity index (χ2v) is 15.9. The maximum absolute atomic E-state index is 11.7. The highest BCUT2D eigenvalue weighted by Gasteiger charge is 2.30. The number of amides is 3. The van der Waals surface area contributed by atoms with E-state index in [9.17, 15) is 39.6 Å². The van der Waals surface area contributed by atoms with Gasteiger partial charge in [0.2, 0.25) is 0 Å². The fraction of sp³-hybridized carbons (Fsp3) is 0.200. The number of benzene rings is 3. The number of nitrogens with two attached hydrogens (primary N) is 3. The summed E-state index contributed by atoms with van der Waals surface area (Å²) in [5.74, 6) is -0.997. The van der Waals surface area contributed by atoms with Gasteiger partial charge in [-0.1, -0.05) is 0 Å². The van der Waals surface area contributed by atoms with E-state index in [-0.39, 0.29) is 71.1 Å². The minimum absolute atomic E-state index is 0.00597. The van der Waals surface area contributed by atoms with Crippen molar-refractivity contribution in [3.8, 4) is 0 Å². The number of carbonyl (C=O) groups is 3. The van der Waals surface area contributed by atoms with Crippen molar-refractivity contribution in [1.29, 1.82) is 0 Å². The molecule has 3 aliphatic heterocycles. The summed E-state index contributed by atoms with van der Waals surface area (Å²) < 4.78 is 94.5. The molecule has 6 rings (SSSR count). The smallest absolute Gasteiger partial charge is 0.296 e. The molecule has 3 aromatic rings. The fourth-order valence-corrected chi connectivity index (χ4v) is 6.94. The van der Waals surface area contributed by atoms with E-state index in [1.807, 2.05) is 0 Å². The average molecular weight is 808 g/mol. The van der Waals surface area contributed by atoms with Gasteiger partial charge in [0, 0.05) is 28.5 Å². The van der Waals surface area contributed by atoms with Crippen molar-refractivity contribution < 1.29 is 53.3 Å². The number of hydrogen-bond acceptors (Lipinski definition) is 15. The Morgan fingerprint density at radius 3 is 1.39 bits per heavy atom. The van der Waals surface area contributed by atoms with Crippen molar-refractivity contribution in [2.24, 2.45) is 15.3 Å². The van der Waals surface area contributed by atoms with Crippen molar-refractivity contribution in [2.75, 3.05) is 32.2 Å². The largest absolute Gasteiger partial charge is 0.399 e. The summed E-state index contributed by atoms with van der Waals surface area (Å²) in [6.45, 7) is 5.00. The van der Waals surface area contributed by atoms with E-state index in [1.165, 1.54) is 36.4 Å². The molecule has 0 spiro atoms. The molecule has 3 aromatic carbocycles. The first-order chi connectivity index (χ1) is 24.9. The third kappa shape index (κ3) is 9.60. The van der Waals surface area contributed by atoms with Crippen molar-refractivity contribution in [2.45, 2.75) is 54.7 Å². The van der Waals surface area contributed by atoms with Crippen LogP contribution in [0.5, 0.6) is 0 Å². The van der Waals surface area contributed by atoms with E-state index < -0.39 is 45.0 Å². The van der Waals surface area contributed by atoms with Crippen molar-refractivity contribution >= 4 is 99.3 Å². The van der Waals surface area contributed by atoms with Crippen LogP contribution in [0.2, 0.25) is 0 Å².